The number of ether oxygens (including phenoxy) is 1. The molecule has 0 heterocycles. The van der Waals surface area contributed by atoms with Crippen LogP contribution in [0.4, 0.5) is 0 Å². The maximum Gasteiger partial charge on any atom is 0.309 e. The summed E-state index contributed by atoms with van der Waals surface area (Å²) >= 11 is 0. The van der Waals surface area contributed by atoms with Crippen molar-refractivity contribution in [2.24, 2.45) is 5.92 Å². The molecule has 100 valence electrons. The third-order valence-electron chi connectivity index (χ3n) is 2.17. The van der Waals surface area contributed by atoms with Gasteiger partial charge in [0.15, 0.2) is 0 Å². The van der Waals surface area contributed by atoms with E-state index in [1.54, 1.807) is 0 Å². The SMILES string of the molecule is CCOCCCNC(=O)C(=O)NCCC(C)C. The van der Waals surface area contributed by atoms with Crippen LogP contribution < -0.4 is 10.6 Å². The molecular formula is C12H24N2O3. The number of hydrogen-bond donors (Lipinski definition) is 2. The number of hydrogen-bond acceptors (Lipinski definition) is 3. The van der Waals surface area contributed by atoms with E-state index in [0.717, 1.165) is 12.8 Å². The first-order valence-corrected chi connectivity index (χ1v) is 6.21. The quantitative estimate of drug-likeness (QED) is 0.487. The van der Waals surface area contributed by atoms with E-state index in [0.29, 0.717) is 32.2 Å². The first-order chi connectivity index (χ1) is 8.07. The van der Waals surface area contributed by atoms with Gasteiger partial charge in [0.2, 0.25) is 0 Å². The molecule has 0 aromatic heterocycles. The molecule has 0 aromatic rings. The van der Waals surface area contributed by atoms with Crippen molar-refractivity contribution < 1.29 is 14.3 Å². The van der Waals surface area contributed by atoms with E-state index in [1.165, 1.54) is 0 Å². The zero-order valence-corrected chi connectivity index (χ0v) is 11.0. The predicted octanol–water partition coefficient (Wildman–Crippen LogP) is 0.691. The summed E-state index contributed by atoms with van der Waals surface area (Å²) in [6.07, 6.45) is 1.60. The fourth-order valence-electron chi connectivity index (χ4n) is 1.16. The molecule has 0 saturated heterocycles. The molecule has 0 aliphatic heterocycles. The van der Waals surface area contributed by atoms with E-state index in [9.17, 15) is 9.59 Å². The number of rotatable bonds is 8. The molecule has 0 aliphatic rings. The first-order valence-electron chi connectivity index (χ1n) is 6.21. The Bertz CT molecular complexity index is 230. The van der Waals surface area contributed by atoms with E-state index < -0.39 is 11.8 Å². The predicted molar refractivity (Wildman–Crippen MR) is 66.6 cm³/mol. The Kier molecular flexibility index (Phi) is 9.43. The largest absolute Gasteiger partial charge is 0.382 e. The smallest absolute Gasteiger partial charge is 0.309 e. The number of carbonyl (C=O) groups is 2. The normalized spacial score (nSPS) is 10.4. The molecule has 0 rings (SSSR count). The maximum absolute atomic E-state index is 11.3. The highest BCUT2D eigenvalue weighted by Crippen LogP contribution is 1.95. The summed E-state index contributed by atoms with van der Waals surface area (Å²) in [5, 5.41) is 5.13. The summed E-state index contributed by atoms with van der Waals surface area (Å²) in [6.45, 7) is 8.34. The Hall–Kier alpha value is -1.10. The fourth-order valence-corrected chi connectivity index (χ4v) is 1.16. The van der Waals surface area contributed by atoms with Crippen LogP contribution in [0.15, 0.2) is 0 Å². The van der Waals surface area contributed by atoms with Gasteiger partial charge >= 0.3 is 11.8 Å². The summed E-state index contributed by atoms with van der Waals surface area (Å²) in [6, 6.07) is 0. The Balaban J connectivity index is 3.51. The molecule has 0 radical (unpaired) electrons. The Labute approximate surface area is 103 Å². The second-order valence-corrected chi connectivity index (χ2v) is 4.24. The van der Waals surface area contributed by atoms with Crippen LogP contribution >= 0.6 is 0 Å². The highest BCUT2D eigenvalue weighted by Gasteiger charge is 2.11. The van der Waals surface area contributed by atoms with Crippen LogP contribution in [0.2, 0.25) is 0 Å². The number of nitrogens with one attached hydrogen (secondary N) is 2. The van der Waals surface area contributed by atoms with Crippen molar-refractivity contribution in [2.45, 2.75) is 33.6 Å². The molecule has 0 aromatic carbocycles. The van der Waals surface area contributed by atoms with Gasteiger partial charge in [-0.1, -0.05) is 13.8 Å². The number of carbonyl (C=O) groups excluding carboxylic acids is 2. The third kappa shape index (κ3) is 9.81. The minimum Gasteiger partial charge on any atom is -0.382 e. The van der Waals surface area contributed by atoms with Gasteiger partial charge in [-0.25, -0.2) is 0 Å². The van der Waals surface area contributed by atoms with Gasteiger partial charge in [-0.15, -0.1) is 0 Å². The molecule has 0 spiro atoms. The van der Waals surface area contributed by atoms with Crippen molar-refractivity contribution in [1.82, 2.24) is 10.6 Å². The molecule has 0 fully saturated rings. The van der Waals surface area contributed by atoms with Crippen LogP contribution in [-0.2, 0) is 14.3 Å². The molecule has 5 nitrogen and oxygen atoms in total. The average Bonchev–Trinajstić information content (AvgIpc) is 2.27. The lowest BCUT2D eigenvalue weighted by Crippen LogP contribution is -2.41. The van der Waals surface area contributed by atoms with Crippen molar-refractivity contribution in [3.8, 4) is 0 Å². The topological polar surface area (TPSA) is 67.4 Å². The van der Waals surface area contributed by atoms with Crippen molar-refractivity contribution in [1.29, 1.82) is 0 Å². The molecule has 0 unspecified atom stereocenters. The van der Waals surface area contributed by atoms with Crippen molar-refractivity contribution in [3.05, 3.63) is 0 Å². The molecule has 5 heteroatoms. The summed E-state index contributed by atoms with van der Waals surface area (Å²) in [4.78, 5) is 22.6. The van der Waals surface area contributed by atoms with E-state index in [-0.39, 0.29) is 0 Å². The Morgan fingerprint density at radius 1 is 1.12 bits per heavy atom. The van der Waals surface area contributed by atoms with Crippen molar-refractivity contribution in [2.75, 3.05) is 26.3 Å². The second-order valence-electron chi connectivity index (χ2n) is 4.24. The Morgan fingerprint density at radius 2 is 1.71 bits per heavy atom. The highest BCUT2D eigenvalue weighted by molar-refractivity contribution is 6.35. The third-order valence-corrected chi connectivity index (χ3v) is 2.17. The average molecular weight is 244 g/mol. The molecule has 0 saturated carbocycles. The van der Waals surface area contributed by atoms with Gasteiger partial charge in [0.05, 0.1) is 0 Å². The minimum absolute atomic E-state index is 0.469. The van der Waals surface area contributed by atoms with Gasteiger partial charge in [-0.3, -0.25) is 9.59 Å². The lowest BCUT2D eigenvalue weighted by molar-refractivity contribution is -0.139. The van der Waals surface area contributed by atoms with E-state index in [2.05, 4.69) is 24.5 Å². The summed E-state index contributed by atoms with van der Waals surface area (Å²) in [5.74, 6) is -0.600. The lowest BCUT2D eigenvalue weighted by atomic mass is 10.1. The van der Waals surface area contributed by atoms with Crippen LogP contribution in [0.5, 0.6) is 0 Å². The van der Waals surface area contributed by atoms with Crippen LogP contribution in [0.3, 0.4) is 0 Å². The van der Waals surface area contributed by atoms with Crippen molar-refractivity contribution >= 4 is 11.8 Å². The maximum atomic E-state index is 11.3. The van der Waals surface area contributed by atoms with E-state index >= 15 is 0 Å². The van der Waals surface area contributed by atoms with Gasteiger partial charge in [-0.2, -0.15) is 0 Å². The monoisotopic (exact) mass is 244 g/mol. The number of amides is 2. The minimum atomic E-state index is -0.565. The molecule has 0 bridgehead atoms. The summed E-state index contributed by atoms with van der Waals surface area (Å²) in [5.41, 5.74) is 0. The second kappa shape index (κ2) is 10.1. The van der Waals surface area contributed by atoms with Crippen LogP contribution in [0.1, 0.15) is 33.6 Å². The molecule has 2 N–H and O–H groups in total. The molecule has 0 aliphatic carbocycles. The highest BCUT2D eigenvalue weighted by atomic mass is 16.5. The van der Waals surface area contributed by atoms with Gasteiger partial charge < -0.3 is 15.4 Å². The molecule has 17 heavy (non-hydrogen) atoms. The van der Waals surface area contributed by atoms with Crippen LogP contribution in [0, 0.1) is 5.92 Å². The fraction of sp³-hybridized carbons (Fsp3) is 0.833. The van der Waals surface area contributed by atoms with E-state index in [4.69, 9.17) is 4.74 Å². The van der Waals surface area contributed by atoms with Crippen molar-refractivity contribution in [3.63, 3.8) is 0 Å². The first kappa shape index (κ1) is 15.9. The zero-order chi connectivity index (χ0) is 13.1. The Morgan fingerprint density at radius 3 is 2.24 bits per heavy atom. The van der Waals surface area contributed by atoms with E-state index in [1.807, 2.05) is 6.92 Å². The van der Waals surface area contributed by atoms with Crippen LogP contribution in [-0.4, -0.2) is 38.1 Å². The molecule has 2 amide bonds. The molecular weight excluding hydrogens is 220 g/mol. The summed E-state index contributed by atoms with van der Waals surface area (Å²) < 4.78 is 5.12. The van der Waals surface area contributed by atoms with Gasteiger partial charge in [0, 0.05) is 26.3 Å². The van der Waals surface area contributed by atoms with Gasteiger partial charge in [-0.05, 0) is 25.7 Å². The standard InChI is InChI=1S/C12H24N2O3/c1-4-17-9-5-7-13-11(15)12(16)14-8-6-10(2)3/h10H,4-9H2,1-3H3,(H,13,15)(H,14,16). The molecule has 0 atom stereocenters. The zero-order valence-electron chi connectivity index (χ0n) is 11.0. The lowest BCUT2D eigenvalue weighted by Gasteiger charge is -2.07. The summed E-state index contributed by atoms with van der Waals surface area (Å²) in [7, 11) is 0. The van der Waals surface area contributed by atoms with Crippen LogP contribution in [0.25, 0.3) is 0 Å². The van der Waals surface area contributed by atoms with Gasteiger partial charge in [0.1, 0.15) is 0 Å². The van der Waals surface area contributed by atoms with Gasteiger partial charge in [0.25, 0.3) is 0 Å².